The van der Waals surface area contributed by atoms with Crippen LogP contribution in [0.4, 0.5) is 4.79 Å². The molecule has 10 heavy (non-hydrogen) atoms. The molecule has 0 rings (SSSR count). The molecule has 0 amide bonds. The molecule has 0 heterocycles. The van der Waals surface area contributed by atoms with Crippen LogP contribution >= 0.6 is 0 Å². The zero-order valence-electron chi connectivity index (χ0n) is 6.80. The third kappa shape index (κ3) is 47000. The van der Waals surface area contributed by atoms with Gasteiger partial charge in [-0.05, 0) is 0 Å². The third-order valence-electron chi connectivity index (χ3n) is 0. The van der Waals surface area contributed by atoms with Gasteiger partial charge in [0.25, 0.3) is 0 Å². The van der Waals surface area contributed by atoms with E-state index in [9.17, 15) is 0 Å². The van der Waals surface area contributed by atoms with Crippen molar-refractivity contribution in [3.63, 3.8) is 0 Å². The van der Waals surface area contributed by atoms with Crippen molar-refractivity contribution in [2.45, 2.75) is 0 Å². The molecule has 6 N–H and O–H groups in total. The van der Waals surface area contributed by atoms with Crippen LogP contribution in [0.25, 0.3) is 0 Å². The predicted octanol–water partition coefficient (Wildman–Crippen LogP) is -2.54. The van der Waals surface area contributed by atoms with Gasteiger partial charge in [-0.2, -0.15) is 0 Å². The maximum absolute atomic E-state index is 8.56. The van der Waals surface area contributed by atoms with Gasteiger partial charge in [-0.25, -0.2) is 4.79 Å². The summed E-state index contributed by atoms with van der Waals surface area (Å²) in [4.78, 5) is 37.9. The Morgan fingerprint density at radius 2 is 1.10 bits per heavy atom. The summed E-state index contributed by atoms with van der Waals surface area (Å²) in [6, 6.07) is 0. The van der Waals surface area contributed by atoms with Gasteiger partial charge in [0.2, 0.25) is 0 Å². The van der Waals surface area contributed by atoms with Crippen LogP contribution in [-0.2, 0) is 0 Å². The van der Waals surface area contributed by atoms with Crippen LogP contribution in [0.2, 0.25) is 0 Å². The van der Waals surface area contributed by atoms with Crippen molar-refractivity contribution in [3.8, 4) is 0 Å². The standard InChI is InChI=1S/CH2O3.Mg.H4O4Si.2H/c2-1(3)4;;1-5(2,3)4;;/h(H2,2,3,4);;1-4H;;/q;+2;;2*-1. The van der Waals surface area contributed by atoms with Gasteiger partial charge in [-0.1, -0.05) is 0 Å². The van der Waals surface area contributed by atoms with E-state index in [-0.39, 0.29) is 25.9 Å². The maximum Gasteiger partial charge on any atom is 2.00 e. The van der Waals surface area contributed by atoms with Crippen molar-refractivity contribution >= 4 is 38.3 Å². The van der Waals surface area contributed by atoms with Crippen LogP contribution < -0.4 is 0 Å². The molecular formula is CH8MgO7Si. The molecule has 0 aliphatic carbocycles. The number of rotatable bonds is 0. The minimum absolute atomic E-state index is 0. The first kappa shape index (κ1) is 16.6. The number of hydrogen-bond acceptors (Lipinski definition) is 5. The summed E-state index contributed by atoms with van der Waals surface area (Å²) in [6.07, 6.45) is -1.83. The fraction of sp³-hybridized carbons (Fsp3) is 0. The second-order valence-corrected chi connectivity index (χ2v) is 2.08. The number of carbonyl (C=O) groups is 1. The van der Waals surface area contributed by atoms with Gasteiger partial charge in [-0.15, -0.1) is 0 Å². The molecule has 0 radical (unpaired) electrons. The summed E-state index contributed by atoms with van der Waals surface area (Å²) in [5, 5.41) is 13.9. The van der Waals surface area contributed by atoms with E-state index in [0.29, 0.717) is 0 Å². The van der Waals surface area contributed by atoms with Gasteiger partial charge in [0, 0.05) is 0 Å². The SMILES string of the molecule is O=C(O)O.O[Si](O)(O)O.[H-].[H-].[Mg+2]. The molecule has 0 saturated carbocycles. The van der Waals surface area contributed by atoms with Gasteiger partial charge < -0.3 is 32.2 Å². The van der Waals surface area contributed by atoms with Gasteiger partial charge in [0.05, 0.1) is 0 Å². The Kier molecular flexibility index (Phi) is 11.9. The van der Waals surface area contributed by atoms with E-state index in [0.717, 1.165) is 0 Å². The van der Waals surface area contributed by atoms with Crippen molar-refractivity contribution in [1.82, 2.24) is 0 Å². The van der Waals surface area contributed by atoms with E-state index in [1.807, 2.05) is 0 Å². The first-order valence-corrected chi connectivity index (χ1v) is 3.33. The summed E-state index contributed by atoms with van der Waals surface area (Å²) >= 11 is 0. The second-order valence-electron chi connectivity index (χ2n) is 0.883. The van der Waals surface area contributed by atoms with E-state index < -0.39 is 15.2 Å². The van der Waals surface area contributed by atoms with E-state index >= 15 is 0 Å². The van der Waals surface area contributed by atoms with Crippen LogP contribution in [0.5, 0.6) is 0 Å². The average Bonchev–Trinajstić information content (AvgIpc) is 1.19. The molecule has 0 aromatic rings. The summed E-state index contributed by atoms with van der Waals surface area (Å²) in [5.74, 6) is 0. The van der Waals surface area contributed by atoms with Gasteiger partial charge in [0.1, 0.15) is 0 Å². The Hall–Kier alpha value is 0.0931. The minimum atomic E-state index is -4.61. The van der Waals surface area contributed by atoms with Crippen LogP contribution in [0, 0.1) is 0 Å². The molecular weight excluding hydrogens is 176 g/mol. The van der Waals surface area contributed by atoms with Crippen molar-refractivity contribution in [1.29, 1.82) is 0 Å². The van der Waals surface area contributed by atoms with Crippen molar-refractivity contribution in [3.05, 3.63) is 0 Å². The van der Waals surface area contributed by atoms with Crippen molar-refractivity contribution < 1.29 is 37.0 Å². The molecule has 60 valence electrons. The molecule has 0 aliphatic rings. The normalized spacial score (nSPS) is 8.40. The molecule has 0 aromatic carbocycles. The quantitative estimate of drug-likeness (QED) is 0.228. The van der Waals surface area contributed by atoms with Crippen LogP contribution in [0.1, 0.15) is 2.85 Å². The molecule has 0 unspecified atom stereocenters. The van der Waals surface area contributed by atoms with E-state index in [1.54, 1.807) is 0 Å². The molecule has 0 spiro atoms. The Balaban J connectivity index is -0.0000000221. The van der Waals surface area contributed by atoms with E-state index in [1.165, 1.54) is 0 Å². The zero-order chi connectivity index (χ0) is 8.08. The smallest absolute Gasteiger partial charge is 1.00 e. The van der Waals surface area contributed by atoms with Crippen LogP contribution in [-0.4, -0.2) is 67.7 Å². The Labute approximate surface area is 75.8 Å². The van der Waals surface area contributed by atoms with Gasteiger partial charge in [-0.3, -0.25) is 0 Å². The molecule has 9 heteroatoms. The fourth-order valence-corrected chi connectivity index (χ4v) is 0. The summed E-state index contributed by atoms with van der Waals surface area (Å²) in [7, 11) is -4.61. The number of hydrogen-bond donors (Lipinski definition) is 6. The van der Waals surface area contributed by atoms with Gasteiger partial charge in [0.15, 0.2) is 0 Å². The van der Waals surface area contributed by atoms with E-state index in [4.69, 9.17) is 34.2 Å². The molecule has 0 atom stereocenters. The summed E-state index contributed by atoms with van der Waals surface area (Å²) in [6.45, 7) is 0. The number of carboxylic acid groups (broad SMARTS) is 2. The average molecular weight is 184 g/mol. The minimum Gasteiger partial charge on any atom is -1.00 e. The van der Waals surface area contributed by atoms with Crippen molar-refractivity contribution in [2.75, 3.05) is 0 Å². The summed E-state index contributed by atoms with van der Waals surface area (Å²) in [5.41, 5.74) is 0. The Morgan fingerprint density at radius 3 is 1.10 bits per heavy atom. The molecule has 0 bridgehead atoms. The van der Waals surface area contributed by atoms with Crippen molar-refractivity contribution in [2.24, 2.45) is 0 Å². The van der Waals surface area contributed by atoms with E-state index in [2.05, 4.69) is 0 Å². The van der Waals surface area contributed by atoms with Crippen LogP contribution in [0.3, 0.4) is 0 Å². The zero-order valence-corrected chi connectivity index (χ0v) is 7.21. The van der Waals surface area contributed by atoms with Crippen LogP contribution in [0.15, 0.2) is 0 Å². The second kappa shape index (κ2) is 7.20. The maximum atomic E-state index is 8.56. The first-order chi connectivity index (χ1) is 3.73. The fourth-order valence-electron chi connectivity index (χ4n) is 0. The Bertz CT molecular complexity index is 83.9. The third-order valence-corrected chi connectivity index (χ3v) is 0. The molecule has 0 saturated heterocycles. The van der Waals surface area contributed by atoms with Gasteiger partial charge >= 0.3 is 38.3 Å². The molecule has 0 fully saturated rings. The topological polar surface area (TPSA) is 138 Å². The molecule has 0 aromatic heterocycles. The molecule has 7 nitrogen and oxygen atoms in total. The Morgan fingerprint density at radius 1 is 1.10 bits per heavy atom. The summed E-state index contributed by atoms with van der Waals surface area (Å²) < 4.78 is 0. The first-order valence-electron chi connectivity index (χ1n) is 1.55. The monoisotopic (exact) mass is 184 g/mol. The predicted molar refractivity (Wildman–Crippen MR) is 33.3 cm³/mol. The largest absolute Gasteiger partial charge is 2.00 e. The molecule has 0 aliphatic heterocycles.